The minimum atomic E-state index is -0.0995. The second kappa shape index (κ2) is 7.57. The first-order valence-corrected chi connectivity index (χ1v) is 8.60. The Morgan fingerprint density at radius 1 is 1.24 bits per heavy atom. The number of aromatic nitrogens is 2. The van der Waals surface area contributed by atoms with Crippen LogP contribution < -0.4 is 5.32 Å². The van der Waals surface area contributed by atoms with Crippen LogP contribution in [-0.2, 0) is 4.79 Å². The van der Waals surface area contributed by atoms with Gasteiger partial charge in [0, 0.05) is 45.0 Å². The van der Waals surface area contributed by atoms with Gasteiger partial charge in [-0.2, -0.15) is 0 Å². The molecule has 1 aliphatic heterocycles. The van der Waals surface area contributed by atoms with Crippen LogP contribution in [0, 0.1) is 0 Å². The molecule has 0 radical (unpaired) electrons. The average Bonchev–Trinajstić information content (AvgIpc) is 2.95. The summed E-state index contributed by atoms with van der Waals surface area (Å²) in [6.45, 7) is 4.57. The molecule has 1 fully saturated rings. The Labute approximate surface area is 150 Å². The van der Waals surface area contributed by atoms with Gasteiger partial charge < -0.3 is 15.1 Å². The molecule has 2 aromatic heterocycles. The predicted molar refractivity (Wildman–Crippen MR) is 96.5 cm³/mol. The van der Waals surface area contributed by atoms with E-state index in [-0.39, 0.29) is 11.9 Å². The maximum absolute atomic E-state index is 12.4. The van der Waals surface area contributed by atoms with E-state index in [9.17, 15) is 9.59 Å². The molecule has 3 rings (SSSR count). The number of rotatable bonds is 3. The van der Waals surface area contributed by atoms with E-state index in [1.807, 2.05) is 35.7 Å². The fourth-order valence-corrected chi connectivity index (χ4v) is 3.02. The number of imidazole rings is 1. The highest BCUT2D eigenvalue weighted by molar-refractivity contribution is 6.31. The van der Waals surface area contributed by atoms with Gasteiger partial charge in [-0.1, -0.05) is 17.7 Å². The van der Waals surface area contributed by atoms with E-state index in [0.29, 0.717) is 43.6 Å². The molecule has 25 heavy (non-hydrogen) atoms. The van der Waals surface area contributed by atoms with E-state index in [1.165, 1.54) is 6.08 Å². The maximum atomic E-state index is 12.4. The summed E-state index contributed by atoms with van der Waals surface area (Å²) in [5.74, 6) is -0.0995. The molecular weight excluding hydrogens is 342 g/mol. The van der Waals surface area contributed by atoms with E-state index in [4.69, 9.17) is 11.6 Å². The van der Waals surface area contributed by atoms with E-state index < -0.39 is 0 Å². The zero-order valence-electron chi connectivity index (χ0n) is 14.0. The van der Waals surface area contributed by atoms with E-state index >= 15 is 0 Å². The summed E-state index contributed by atoms with van der Waals surface area (Å²) in [6.07, 6.45) is 5.04. The number of pyridine rings is 1. The van der Waals surface area contributed by atoms with Crippen molar-refractivity contribution in [3.8, 4) is 0 Å². The molecule has 0 aliphatic carbocycles. The lowest BCUT2D eigenvalue weighted by atomic mass is 10.3. The van der Waals surface area contributed by atoms with Crippen LogP contribution in [0.15, 0.2) is 30.5 Å². The zero-order chi connectivity index (χ0) is 17.8. The molecule has 0 atom stereocenters. The Balaban J connectivity index is 1.64. The van der Waals surface area contributed by atoms with Crippen molar-refractivity contribution in [1.82, 2.24) is 24.5 Å². The third-order valence-corrected chi connectivity index (χ3v) is 4.39. The number of carbonyl (C=O) groups is 2. The molecule has 3 heterocycles. The van der Waals surface area contributed by atoms with Crippen molar-refractivity contribution in [1.29, 1.82) is 0 Å². The molecule has 0 unspecified atom stereocenters. The predicted octanol–water partition coefficient (Wildman–Crippen LogP) is 1.87. The summed E-state index contributed by atoms with van der Waals surface area (Å²) in [7, 11) is 0. The van der Waals surface area contributed by atoms with Crippen LogP contribution in [0.25, 0.3) is 11.7 Å². The van der Waals surface area contributed by atoms with E-state index in [2.05, 4.69) is 10.3 Å². The number of hydrogen-bond donors (Lipinski definition) is 1. The van der Waals surface area contributed by atoms with Crippen molar-refractivity contribution in [2.24, 2.45) is 0 Å². The Hall–Kier alpha value is -2.54. The number of urea groups is 1. The first-order chi connectivity index (χ1) is 12.1. The molecule has 0 saturated carbocycles. The largest absolute Gasteiger partial charge is 0.338 e. The lowest BCUT2D eigenvalue weighted by molar-refractivity contribution is -0.127. The standard InChI is InChI=1S/C17H20ClN5O2/c1-2-19-17(25)22-11-9-21(10-12-22)15(24)7-6-13-16(18)20-14-5-3-4-8-23(13)14/h3-8H,2,9-12H2,1H3,(H,19,25)/b7-6+. The van der Waals surface area contributed by atoms with Crippen molar-refractivity contribution in [2.75, 3.05) is 32.7 Å². The normalized spacial score (nSPS) is 15.1. The quantitative estimate of drug-likeness (QED) is 0.848. The van der Waals surface area contributed by atoms with Crippen molar-refractivity contribution in [3.05, 3.63) is 41.3 Å². The molecule has 0 bridgehead atoms. The number of nitrogens with one attached hydrogen (secondary N) is 1. The molecule has 7 nitrogen and oxygen atoms in total. The second-order valence-corrected chi connectivity index (χ2v) is 6.06. The topological polar surface area (TPSA) is 70.0 Å². The molecule has 8 heteroatoms. The fraction of sp³-hybridized carbons (Fsp3) is 0.353. The Morgan fingerprint density at radius 2 is 1.96 bits per heavy atom. The van der Waals surface area contributed by atoms with Crippen LogP contribution >= 0.6 is 11.6 Å². The minimum Gasteiger partial charge on any atom is -0.338 e. The molecule has 132 valence electrons. The monoisotopic (exact) mass is 361 g/mol. The lowest BCUT2D eigenvalue weighted by Gasteiger charge is -2.34. The highest BCUT2D eigenvalue weighted by atomic mass is 35.5. The van der Waals surface area contributed by atoms with Gasteiger partial charge >= 0.3 is 6.03 Å². The molecule has 2 aromatic rings. The average molecular weight is 362 g/mol. The molecule has 0 spiro atoms. The number of piperazine rings is 1. The Bertz CT molecular complexity index is 808. The van der Waals surface area contributed by atoms with Crippen LogP contribution in [-0.4, -0.2) is 63.8 Å². The van der Waals surface area contributed by atoms with Gasteiger partial charge in [0.15, 0.2) is 5.15 Å². The maximum Gasteiger partial charge on any atom is 0.317 e. The number of amides is 3. The number of nitrogens with zero attached hydrogens (tertiary/aromatic N) is 4. The summed E-state index contributed by atoms with van der Waals surface area (Å²) in [4.78, 5) is 31.9. The zero-order valence-corrected chi connectivity index (χ0v) is 14.7. The summed E-state index contributed by atoms with van der Waals surface area (Å²) >= 11 is 6.16. The second-order valence-electron chi connectivity index (χ2n) is 5.70. The summed E-state index contributed by atoms with van der Waals surface area (Å²) < 4.78 is 1.83. The van der Waals surface area contributed by atoms with Crippen LogP contribution in [0.3, 0.4) is 0 Å². The van der Waals surface area contributed by atoms with Crippen molar-refractivity contribution in [3.63, 3.8) is 0 Å². The highest BCUT2D eigenvalue weighted by Gasteiger charge is 2.22. The van der Waals surface area contributed by atoms with Crippen molar-refractivity contribution in [2.45, 2.75) is 6.92 Å². The molecule has 1 saturated heterocycles. The van der Waals surface area contributed by atoms with Gasteiger partial charge in [0.25, 0.3) is 0 Å². The highest BCUT2D eigenvalue weighted by Crippen LogP contribution is 2.19. The van der Waals surface area contributed by atoms with Crippen molar-refractivity contribution >= 4 is 35.3 Å². The fourth-order valence-electron chi connectivity index (χ4n) is 2.78. The van der Waals surface area contributed by atoms with Crippen LogP contribution in [0.2, 0.25) is 5.15 Å². The molecule has 0 aromatic carbocycles. The van der Waals surface area contributed by atoms with E-state index in [0.717, 1.165) is 5.65 Å². The summed E-state index contributed by atoms with van der Waals surface area (Å²) in [5.41, 5.74) is 1.40. The lowest BCUT2D eigenvalue weighted by Crippen LogP contribution is -2.52. The van der Waals surface area contributed by atoms with E-state index in [1.54, 1.807) is 15.9 Å². The number of carbonyl (C=O) groups excluding carboxylic acids is 2. The SMILES string of the molecule is CCNC(=O)N1CCN(C(=O)/C=C/c2c(Cl)nc3ccccn23)CC1. The Kier molecular flexibility index (Phi) is 5.23. The van der Waals surface area contributed by atoms with Gasteiger partial charge in [-0.05, 0) is 25.1 Å². The first kappa shape index (κ1) is 17.3. The molecule has 1 aliphatic rings. The molecular formula is C17H20ClN5O2. The van der Waals surface area contributed by atoms with Crippen molar-refractivity contribution < 1.29 is 9.59 Å². The summed E-state index contributed by atoms with van der Waals surface area (Å²) in [6, 6.07) is 5.53. The number of fused-ring (bicyclic) bond motifs is 1. The van der Waals surface area contributed by atoms with Crippen LogP contribution in [0.4, 0.5) is 4.79 Å². The number of hydrogen-bond acceptors (Lipinski definition) is 3. The van der Waals surface area contributed by atoms with Gasteiger partial charge in [0.05, 0.1) is 5.69 Å². The number of halogens is 1. The van der Waals surface area contributed by atoms with Gasteiger partial charge in [-0.15, -0.1) is 0 Å². The van der Waals surface area contributed by atoms with Crippen LogP contribution in [0.5, 0.6) is 0 Å². The molecule has 1 N–H and O–H groups in total. The van der Waals surface area contributed by atoms with Gasteiger partial charge in [-0.3, -0.25) is 9.20 Å². The summed E-state index contributed by atoms with van der Waals surface area (Å²) in [5, 5.41) is 3.13. The smallest absolute Gasteiger partial charge is 0.317 e. The molecule has 3 amide bonds. The third-order valence-electron chi connectivity index (χ3n) is 4.11. The van der Waals surface area contributed by atoms with Gasteiger partial charge in [0.2, 0.25) is 5.91 Å². The Morgan fingerprint density at radius 3 is 2.68 bits per heavy atom. The van der Waals surface area contributed by atoms with Crippen LogP contribution in [0.1, 0.15) is 12.6 Å². The van der Waals surface area contributed by atoms with Gasteiger partial charge in [0.1, 0.15) is 5.65 Å². The first-order valence-electron chi connectivity index (χ1n) is 8.22. The van der Waals surface area contributed by atoms with Gasteiger partial charge in [-0.25, -0.2) is 9.78 Å². The minimum absolute atomic E-state index is 0.0809. The third kappa shape index (κ3) is 3.76.